The van der Waals surface area contributed by atoms with Crippen LogP contribution in [0.2, 0.25) is 0 Å². The topological polar surface area (TPSA) is 93.7 Å². The van der Waals surface area contributed by atoms with E-state index in [0.717, 1.165) is 0 Å². The molecule has 142 valence electrons. The molecular weight excluding hydrogens is 362 g/mol. The number of nitrogens with one attached hydrogen (secondary N) is 2. The number of hydrogen-bond acceptors (Lipinski definition) is 5. The molecule has 0 aromatic heterocycles. The molecule has 0 fully saturated rings. The summed E-state index contributed by atoms with van der Waals surface area (Å²) < 4.78 is 34.0. The van der Waals surface area contributed by atoms with E-state index in [1.165, 1.54) is 31.2 Å². The zero-order valence-corrected chi connectivity index (χ0v) is 14.1. The number of carbonyl (C=O) groups is 3. The minimum absolute atomic E-state index is 0.259. The van der Waals surface area contributed by atoms with Crippen molar-refractivity contribution in [2.24, 2.45) is 0 Å². The Morgan fingerprint density at radius 2 is 1.56 bits per heavy atom. The zero-order chi connectivity index (χ0) is 19.8. The molecule has 0 bridgehead atoms. The molecule has 0 aliphatic rings. The molecule has 0 aliphatic carbocycles. The highest BCUT2D eigenvalue weighted by molar-refractivity contribution is 5.97. The maximum absolute atomic E-state index is 12.4. The first-order chi connectivity index (χ1) is 12.9. The van der Waals surface area contributed by atoms with Crippen LogP contribution in [0.5, 0.6) is 5.75 Å². The van der Waals surface area contributed by atoms with Gasteiger partial charge in [0.05, 0.1) is 0 Å². The van der Waals surface area contributed by atoms with E-state index in [1.54, 1.807) is 30.3 Å². The summed E-state index contributed by atoms with van der Waals surface area (Å²) in [6, 6.07) is 13.4. The fourth-order valence-corrected chi connectivity index (χ4v) is 1.99. The van der Waals surface area contributed by atoms with Gasteiger partial charge in [0, 0.05) is 5.56 Å². The van der Waals surface area contributed by atoms with Crippen molar-refractivity contribution in [3.05, 3.63) is 65.7 Å². The van der Waals surface area contributed by atoms with Crippen LogP contribution in [0.25, 0.3) is 0 Å². The number of benzene rings is 2. The summed E-state index contributed by atoms with van der Waals surface area (Å²) in [5.41, 5.74) is 4.36. The molecule has 1 atom stereocenters. The van der Waals surface area contributed by atoms with Crippen LogP contribution >= 0.6 is 0 Å². The molecule has 0 unspecified atom stereocenters. The van der Waals surface area contributed by atoms with Crippen molar-refractivity contribution in [2.75, 3.05) is 0 Å². The number of para-hydroxylation sites is 1. The van der Waals surface area contributed by atoms with E-state index in [4.69, 9.17) is 4.74 Å². The van der Waals surface area contributed by atoms with Crippen LogP contribution in [0.15, 0.2) is 54.6 Å². The average molecular weight is 378 g/mol. The number of amides is 2. The first-order valence-corrected chi connectivity index (χ1v) is 7.78. The molecule has 0 heterocycles. The number of rotatable bonds is 6. The van der Waals surface area contributed by atoms with Gasteiger partial charge >= 0.3 is 12.6 Å². The van der Waals surface area contributed by atoms with Crippen molar-refractivity contribution in [1.82, 2.24) is 10.9 Å². The third-order valence-electron chi connectivity index (χ3n) is 3.31. The van der Waals surface area contributed by atoms with Crippen molar-refractivity contribution in [3.8, 4) is 5.75 Å². The van der Waals surface area contributed by atoms with E-state index in [0.29, 0.717) is 5.56 Å². The molecular formula is C18H16F2N2O5. The van der Waals surface area contributed by atoms with Gasteiger partial charge in [-0.25, -0.2) is 4.79 Å². The largest absolute Gasteiger partial charge is 0.449 e. The van der Waals surface area contributed by atoms with Crippen molar-refractivity contribution in [1.29, 1.82) is 0 Å². The van der Waals surface area contributed by atoms with E-state index < -0.39 is 30.5 Å². The van der Waals surface area contributed by atoms with E-state index in [2.05, 4.69) is 15.6 Å². The van der Waals surface area contributed by atoms with Crippen LogP contribution in [-0.2, 0) is 9.53 Å². The maximum Gasteiger partial charge on any atom is 0.387 e. The number of hydrogen-bond donors (Lipinski definition) is 2. The fraction of sp³-hybridized carbons (Fsp3) is 0.167. The Labute approximate surface area is 153 Å². The van der Waals surface area contributed by atoms with Crippen LogP contribution in [-0.4, -0.2) is 30.5 Å². The predicted octanol–water partition coefficient (Wildman–Crippen LogP) is 2.29. The first kappa shape index (κ1) is 19.8. The Morgan fingerprint density at radius 1 is 0.926 bits per heavy atom. The lowest BCUT2D eigenvalue weighted by Crippen LogP contribution is -2.46. The number of alkyl halides is 2. The lowest BCUT2D eigenvalue weighted by molar-refractivity contribution is -0.129. The van der Waals surface area contributed by atoms with Gasteiger partial charge in [-0.15, -0.1) is 0 Å². The third-order valence-corrected chi connectivity index (χ3v) is 3.31. The Balaban J connectivity index is 1.92. The second-order valence-corrected chi connectivity index (χ2v) is 5.23. The third kappa shape index (κ3) is 5.77. The Kier molecular flexibility index (Phi) is 6.81. The van der Waals surface area contributed by atoms with E-state index in [1.807, 2.05) is 0 Å². The van der Waals surface area contributed by atoms with Crippen molar-refractivity contribution >= 4 is 17.8 Å². The molecule has 0 aliphatic heterocycles. The van der Waals surface area contributed by atoms with Gasteiger partial charge in [0.15, 0.2) is 6.10 Å². The Morgan fingerprint density at radius 3 is 2.22 bits per heavy atom. The highest BCUT2D eigenvalue weighted by atomic mass is 19.3. The Bertz CT molecular complexity index is 814. The van der Waals surface area contributed by atoms with Gasteiger partial charge in [0.2, 0.25) is 0 Å². The lowest BCUT2D eigenvalue weighted by Gasteiger charge is -2.15. The van der Waals surface area contributed by atoms with Crippen LogP contribution < -0.4 is 15.6 Å². The van der Waals surface area contributed by atoms with Crippen LogP contribution in [0.1, 0.15) is 27.6 Å². The van der Waals surface area contributed by atoms with Gasteiger partial charge in [-0.05, 0) is 31.2 Å². The van der Waals surface area contributed by atoms with Gasteiger partial charge in [-0.2, -0.15) is 8.78 Å². The lowest BCUT2D eigenvalue weighted by atomic mass is 10.2. The van der Waals surface area contributed by atoms with Gasteiger partial charge in [0.1, 0.15) is 11.3 Å². The Hall–Kier alpha value is -3.49. The fourth-order valence-electron chi connectivity index (χ4n) is 1.99. The number of esters is 1. The molecule has 2 rings (SSSR count). The summed E-state index contributed by atoms with van der Waals surface area (Å²) in [7, 11) is 0. The van der Waals surface area contributed by atoms with Crippen LogP contribution in [0, 0.1) is 0 Å². The van der Waals surface area contributed by atoms with Crippen LogP contribution in [0.3, 0.4) is 0 Å². The molecule has 0 saturated heterocycles. The van der Waals surface area contributed by atoms with Gasteiger partial charge in [0.25, 0.3) is 11.8 Å². The molecule has 0 radical (unpaired) electrons. The highest BCUT2D eigenvalue weighted by Gasteiger charge is 2.22. The summed E-state index contributed by atoms with van der Waals surface area (Å²) in [4.78, 5) is 35.9. The summed E-state index contributed by atoms with van der Waals surface area (Å²) in [5.74, 6) is -2.76. The summed E-state index contributed by atoms with van der Waals surface area (Å²) in [6.07, 6.45) is -1.30. The summed E-state index contributed by atoms with van der Waals surface area (Å²) in [5, 5.41) is 0. The first-order valence-electron chi connectivity index (χ1n) is 7.78. The standard InChI is InChI=1S/C18H16F2N2O5/c1-11(15(23)21-22-16(24)12-7-3-2-4-8-12)26-17(25)13-9-5-6-10-14(13)27-18(19)20/h2-11,18H,1H3,(H,21,23)(H,22,24)/t11-/m1/s1. The maximum atomic E-state index is 12.4. The van der Waals surface area contributed by atoms with Crippen molar-refractivity contribution in [3.63, 3.8) is 0 Å². The molecule has 27 heavy (non-hydrogen) atoms. The van der Waals surface area contributed by atoms with E-state index >= 15 is 0 Å². The minimum atomic E-state index is -3.12. The van der Waals surface area contributed by atoms with Crippen LogP contribution in [0.4, 0.5) is 8.78 Å². The minimum Gasteiger partial charge on any atom is -0.449 e. The molecule has 7 nitrogen and oxygen atoms in total. The molecule has 0 saturated carbocycles. The second kappa shape index (κ2) is 9.27. The quantitative estimate of drug-likeness (QED) is 0.594. The van der Waals surface area contributed by atoms with Crippen molar-refractivity contribution in [2.45, 2.75) is 19.6 Å². The van der Waals surface area contributed by atoms with Gasteiger partial charge < -0.3 is 9.47 Å². The van der Waals surface area contributed by atoms with Crippen molar-refractivity contribution < 1.29 is 32.6 Å². The number of ether oxygens (including phenoxy) is 2. The molecule has 2 aromatic carbocycles. The normalized spacial score (nSPS) is 11.4. The predicted molar refractivity (Wildman–Crippen MR) is 90.0 cm³/mol. The molecule has 2 N–H and O–H groups in total. The zero-order valence-electron chi connectivity index (χ0n) is 14.1. The number of hydrazine groups is 1. The molecule has 2 amide bonds. The monoisotopic (exact) mass is 378 g/mol. The van der Waals surface area contributed by atoms with Gasteiger partial charge in [-0.1, -0.05) is 30.3 Å². The highest BCUT2D eigenvalue weighted by Crippen LogP contribution is 2.21. The summed E-state index contributed by atoms with van der Waals surface area (Å²) >= 11 is 0. The molecule has 2 aromatic rings. The molecule has 0 spiro atoms. The summed E-state index contributed by atoms with van der Waals surface area (Å²) in [6.45, 7) is -1.86. The van der Waals surface area contributed by atoms with E-state index in [9.17, 15) is 23.2 Å². The SMILES string of the molecule is C[C@@H](OC(=O)c1ccccc1OC(F)F)C(=O)NNC(=O)c1ccccc1. The number of halogens is 2. The molecule has 9 heteroatoms. The smallest absolute Gasteiger partial charge is 0.387 e. The van der Waals surface area contributed by atoms with E-state index in [-0.39, 0.29) is 11.3 Å². The van der Waals surface area contributed by atoms with Gasteiger partial charge in [-0.3, -0.25) is 20.4 Å². The number of carbonyl (C=O) groups excluding carboxylic acids is 3. The average Bonchev–Trinajstić information content (AvgIpc) is 2.66. The second-order valence-electron chi connectivity index (χ2n) is 5.23.